The largest absolute Gasteiger partial charge is 0.507 e. The number of likely N-dealkylation sites (tertiary alicyclic amines) is 1. The van der Waals surface area contributed by atoms with Crippen LogP contribution >= 0.6 is 0 Å². The number of rotatable bonds is 7. The molecule has 0 spiro atoms. The molecule has 1 aliphatic rings. The van der Waals surface area contributed by atoms with Crippen molar-refractivity contribution in [2.45, 2.75) is 65.5 Å². The third-order valence-electron chi connectivity index (χ3n) is 5.89. The predicted octanol–water partition coefficient (Wildman–Crippen LogP) is 5.61. The highest BCUT2D eigenvalue weighted by atomic mass is 16.5. The standard InChI is InChI=1S/C28H35NO5/c1-8-15-29-24(18-9-12-20(13-10-18)34-17(2)3)23(26(31)27(29)32)25(30)21-16-19(28(4,5)6)11-14-22(21)33-7/h9-14,16-17,24,30H,8,15H2,1-7H3/b25-23+. The molecule has 1 saturated heterocycles. The predicted molar refractivity (Wildman–Crippen MR) is 133 cm³/mol. The summed E-state index contributed by atoms with van der Waals surface area (Å²) < 4.78 is 11.2. The molecule has 1 aliphatic heterocycles. The number of aliphatic hydroxyl groups excluding tert-OH is 1. The Labute approximate surface area is 202 Å². The molecule has 1 N–H and O–H groups in total. The molecule has 2 aromatic carbocycles. The Balaban J connectivity index is 2.21. The average Bonchev–Trinajstić information content (AvgIpc) is 3.03. The molecule has 1 unspecified atom stereocenters. The first-order valence-electron chi connectivity index (χ1n) is 11.7. The lowest BCUT2D eigenvalue weighted by atomic mass is 9.85. The third-order valence-corrected chi connectivity index (χ3v) is 5.89. The normalized spacial score (nSPS) is 18.0. The molecule has 1 atom stereocenters. The number of amides is 1. The van der Waals surface area contributed by atoms with E-state index in [9.17, 15) is 14.7 Å². The van der Waals surface area contributed by atoms with E-state index in [4.69, 9.17) is 9.47 Å². The van der Waals surface area contributed by atoms with E-state index in [-0.39, 0.29) is 22.9 Å². The molecule has 2 aromatic rings. The van der Waals surface area contributed by atoms with Crippen LogP contribution in [0, 0.1) is 0 Å². The number of aliphatic hydroxyl groups is 1. The topological polar surface area (TPSA) is 76.1 Å². The lowest BCUT2D eigenvalue weighted by Gasteiger charge is -2.25. The van der Waals surface area contributed by atoms with Crippen molar-refractivity contribution in [2.24, 2.45) is 0 Å². The summed E-state index contributed by atoms with van der Waals surface area (Å²) in [4.78, 5) is 27.7. The summed E-state index contributed by atoms with van der Waals surface area (Å²) in [5.41, 5.74) is 2.00. The van der Waals surface area contributed by atoms with Crippen molar-refractivity contribution in [3.8, 4) is 11.5 Å². The van der Waals surface area contributed by atoms with Crippen LogP contribution in [0.3, 0.4) is 0 Å². The molecule has 1 fully saturated rings. The maximum Gasteiger partial charge on any atom is 0.295 e. The van der Waals surface area contributed by atoms with Crippen molar-refractivity contribution < 1.29 is 24.2 Å². The van der Waals surface area contributed by atoms with Crippen LogP contribution in [0.4, 0.5) is 0 Å². The second kappa shape index (κ2) is 9.92. The SMILES string of the molecule is CCCN1C(=O)C(=O)/C(=C(/O)c2cc(C(C)(C)C)ccc2OC)C1c1ccc(OC(C)C)cc1. The summed E-state index contributed by atoms with van der Waals surface area (Å²) in [6.07, 6.45) is 0.708. The zero-order valence-electron chi connectivity index (χ0n) is 21.1. The molecule has 0 saturated carbocycles. The van der Waals surface area contributed by atoms with Crippen molar-refractivity contribution in [3.63, 3.8) is 0 Å². The van der Waals surface area contributed by atoms with E-state index in [0.29, 0.717) is 30.0 Å². The van der Waals surface area contributed by atoms with Gasteiger partial charge in [-0.25, -0.2) is 0 Å². The Morgan fingerprint density at radius 1 is 1.09 bits per heavy atom. The molecule has 34 heavy (non-hydrogen) atoms. The zero-order valence-corrected chi connectivity index (χ0v) is 21.1. The molecular weight excluding hydrogens is 430 g/mol. The third kappa shape index (κ3) is 4.96. The van der Waals surface area contributed by atoms with Gasteiger partial charge >= 0.3 is 0 Å². The summed E-state index contributed by atoms with van der Waals surface area (Å²) >= 11 is 0. The highest BCUT2D eigenvalue weighted by Crippen LogP contribution is 2.42. The van der Waals surface area contributed by atoms with Crippen molar-refractivity contribution >= 4 is 17.4 Å². The summed E-state index contributed by atoms with van der Waals surface area (Å²) in [5.74, 6) is -0.395. The number of Topliss-reactive ketones (excluding diaryl/α,β-unsaturated/α-hetero) is 1. The number of nitrogens with zero attached hydrogens (tertiary/aromatic N) is 1. The van der Waals surface area contributed by atoms with Gasteiger partial charge in [-0.15, -0.1) is 0 Å². The van der Waals surface area contributed by atoms with Gasteiger partial charge in [0.2, 0.25) is 0 Å². The molecule has 6 heteroatoms. The van der Waals surface area contributed by atoms with Crippen LogP contribution in [0.5, 0.6) is 11.5 Å². The minimum Gasteiger partial charge on any atom is -0.507 e. The van der Waals surface area contributed by atoms with Gasteiger partial charge in [0.15, 0.2) is 0 Å². The molecule has 1 heterocycles. The molecular formula is C28H35NO5. The van der Waals surface area contributed by atoms with Gasteiger partial charge in [-0.05, 0) is 61.1 Å². The maximum absolute atomic E-state index is 13.2. The number of ether oxygens (including phenoxy) is 2. The Hall–Kier alpha value is -3.28. The molecule has 6 nitrogen and oxygen atoms in total. The van der Waals surface area contributed by atoms with Crippen molar-refractivity contribution in [2.75, 3.05) is 13.7 Å². The monoisotopic (exact) mass is 465 g/mol. The van der Waals surface area contributed by atoms with Crippen molar-refractivity contribution in [3.05, 3.63) is 64.7 Å². The van der Waals surface area contributed by atoms with Crippen LogP contribution in [0.15, 0.2) is 48.0 Å². The maximum atomic E-state index is 13.2. The van der Waals surface area contributed by atoms with Gasteiger partial charge < -0.3 is 19.5 Å². The number of ketones is 1. The second-order valence-corrected chi connectivity index (χ2v) is 9.89. The fourth-order valence-electron chi connectivity index (χ4n) is 4.20. The quantitative estimate of drug-likeness (QED) is 0.327. The first kappa shape index (κ1) is 25.3. The highest BCUT2D eigenvalue weighted by Gasteiger charge is 2.46. The lowest BCUT2D eigenvalue weighted by Crippen LogP contribution is -2.30. The smallest absolute Gasteiger partial charge is 0.295 e. The lowest BCUT2D eigenvalue weighted by molar-refractivity contribution is -0.139. The minimum atomic E-state index is -0.698. The van der Waals surface area contributed by atoms with Crippen molar-refractivity contribution in [1.29, 1.82) is 0 Å². The fourth-order valence-corrected chi connectivity index (χ4v) is 4.20. The van der Waals surface area contributed by atoms with Gasteiger partial charge in [-0.1, -0.05) is 45.9 Å². The van der Waals surface area contributed by atoms with E-state index in [0.717, 1.165) is 11.1 Å². The molecule has 3 rings (SSSR count). The van der Waals surface area contributed by atoms with E-state index in [1.165, 1.54) is 12.0 Å². The first-order valence-corrected chi connectivity index (χ1v) is 11.7. The van der Waals surface area contributed by atoms with Gasteiger partial charge in [0, 0.05) is 6.54 Å². The van der Waals surface area contributed by atoms with Crippen LogP contribution in [0.25, 0.3) is 5.76 Å². The zero-order chi connectivity index (χ0) is 25.2. The number of benzene rings is 2. The van der Waals surface area contributed by atoms with Gasteiger partial charge in [0.1, 0.15) is 17.3 Å². The highest BCUT2D eigenvalue weighted by molar-refractivity contribution is 6.46. The molecule has 0 radical (unpaired) electrons. The Morgan fingerprint density at radius 3 is 2.26 bits per heavy atom. The fraction of sp³-hybridized carbons (Fsp3) is 0.429. The first-order chi connectivity index (χ1) is 16.0. The number of hydrogen-bond acceptors (Lipinski definition) is 5. The van der Waals surface area contributed by atoms with Crippen LogP contribution in [0.2, 0.25) is 0 Å². The second-order valence-electron chi connectivity index (χ2n) is 9.89. The average molecular weight is 466 g/mol. The molecule has 0 bridgehead atoms. The van der Waals surface area contributed by atoms with Crippen LogP contribution in [0.1, 0.15) is 70.7 Å². The summed E-state index contributed by atoms with van der Waals surface area (Å²) in [6, 6.07) is 12.2. The Bertz CT molecular complexity index is 1090. The van der Waals surface area contributed by atoms with Crippen LogP contribution in [-0.2, 0) is 15.0 Å². The summed E-state index contributed by atoms with van der Waals surface area (Å²) in [5, 5.41) is 11.5. The van der Waals surface area contributed by atoms with E-state index in [1.54, 1.807) is 6.07 Å². The molecule has 0 aliphatic carbocycles. The number of carbonyl (C=O) groups is 2. The van der Waals surface area contributed by atoms with Gasteiger partial charge in [0.05, 0.1) is 30.4 Å². The van der Waals surface area contributed by atoms with Crippen molar-refractivity contribution in [1.82, 2.24) is 4.90 Å². The molecule has 182 valence electrons. The summed E-state index contributed by atoms with van der Waals surface area (Å²) in [6.45, 7) is 12.5. The van der Waals surface area contributed by atoms with Crippen LogP contribution < -0.4 is 9.47 Å². The van der Waals surface area contributed by atoms with E-state index in [1.807, 2.05) is 57.2 Å². The molecule has 0 aromatic heterocycles. The Morgan fingerprint density at radius 2 is 1.74 bits per heavy atom. The van der Waals surface area contributed by atoms with E-state index >= 15 is 0 Å². The minimum absolute atomic E-state index is 0.0270. The van der Waals surface area contributed by atoms with E-state index in [2.05, 4.69) is 20.8 Å². The van der Waals surface area contributed by atoms with Crippen LogP contribution in [-0.4, -0.2) is 41.5 Å². The van der Waals surface area contributed by atoms with Gasteiger partial charge in [0.25, 0.3) is 11.7 Å². The number of methoxy groups -OCH3 is 1. The molecule has 1 amide bonds. The van der Waals surface area contributed by atoms with E-state index < -0.39 is 17.7 Å². The van der Waals surface area contributed by atoms with Gasteiger partial charge in [-0.3, -0.25) is 9.59 Å². The summed E-state index contributed by atoms with van der Waals surface area (Å²) in [7, 11) is 1.52. The Kier molecular flexibility index (Phi) is 7.39. The number of hydrogen-bond donors (Lipinski definition) is 1. The van der Waals surface area contributed by atoms with Gasteiger partial charge in [-0.2, -0.15) is 0 Å². The number of carbonyl (C=O) groups excluding carboxylic acids is 2.